The van der Waals surface area contributed by atoms with E-state index in [4.69, 9.17) is 6.42 Å². The van der Waals surface area contributed by atoms with Crippen LogP contribution in [0.2, 0.25) is 0 Å². The maximum Gasteiger partial charge on any atom is 0.0421 e. The molecule has 1 aliphatic rings. The van der Waals surface area contributed by atoms with E-state index in [2.05, 4.69) is 17.8 Å². The zero-order chi connectivity index (χ0) is 5.98. The third kappa shape index (κ3) is 0.840. The fourth-order valence-corrected chi connectivity index (χ4v) is 0.830. The van der Waals surface area contributed by atoms with Gasteiger partial charge in [0.2, 0.25) is 0 Å². The van der Waals surface area contributed by atoms with Crippen LogP contribution in [0, 0.1) is 12.3 Å². The van der Waals surface area contributed by atoms with Crippen LogP contribution in [0.15, 0.2) is 12.3 Å². The van der Waals surface area contributed by atoms with Crippen LogP contribution in [0.4, 0.5) is 0 Å². The summed E-state index contributed by atoms with van der Waals surface area (Å²) in [4.78, 5) is 0. The smallest absolute Gasteiger partial charge is 0.0421 e. The molecule has 1 unspecified atom stereocenters. The summed E-state index contributed by atoms with van der Waals surface area (Å²) in [5.74, 6) is 2.59. The van der Waals surface area contributed by atoms with Crippen LogP contribution in [0.5, 0.6) is 0 Å². The van der Waals surface area contributed by atoms with Gasteiger partial charge in [0, 0.05) is 24.6 Å². The van der Waals surface area contributed by atoms with Gasteiger partial charge in [-0.2, -0.15) is 0 Å². The second-order valence-corrected chi connectivity index (χ2v) is 2.06. The molecular formula is C7H9N. The number of rotatable bonds is 1. The Kier molecular flexibility index (Phi) is 1.26. The monoisotopic (exact) mass is 107 g/mol. The van der Waals surface area contributed by atoms with E-state index >= 15 is 0 Å². The molecule has 1 heterocycles. The van der Waals surface area contributed by atoms with Gasteiger partial charge in [-0.05, 0) is 0 Å². The van der Waals surface area contributed by atoms with Crippen molar-refractivity contribution in [3.05, 3.63) is 12.3 Å². The van der Waals surface area contributed by atoms with Gasteiger partial charge < -0.3 is 5.32 Å². The zero-order valence-corrected chi connectivity index (χ0v) is 4.78. The van der Waals surface area contributed by atoms with E-state index in [1.165, 1.54) is 0 Å². The van der Waals surface area contributed by atoms with Crippen LogP contribution in [-0.2, 0) is 0 Å². The first kappa shape index (κ1) is 5.24. The Bertz CT molecular complexity index is 133. The second-order valence-electron chi connectivity index (χ2n) is 2.06. The first-order valence-corrected chi connectivity index (χ1v) is 2.70. The standard InChI is InChI=1S/C7H9N/c1-3-4-7-5-6(2)8-7/h1,7-8H,2,4-5H2. The highest BCUT2D eigenvalue weighted by atomic mass is 15.0. The van der Waals surface area contributed by atoms with Crippen molar-refractivity contribution in [1.29, 1.82) is 0 Å². The van der Waals surface area contributed by atoms with Crippen molar-refractivity contribution in [1.82, 2.24) is 5.32 Å². The molecule has 0 bridgehead atoms. The molecular weight excluding hydrogens is 98.1 g/mol. The first-order chi connectivity index (χ1) is 3.83. The Morgan fingerprint density at radius 1 is 2.00 bits per heavy atom. The van der Waals surface area contributed by atoms with E-state index < -0.39 is 0 Å². The molecule has 1 saturated heterocycles. The third-order valence-corrected chi connectivity index (χ3v) is 1.27. The summed E-state index contributed by atoms with van der Waals surface area (Å²) in [6.07, 6.45) is 6.96. The average molecular weight is 107 g/mol. The molecule has 0 saturated carbocycles. The molecule has 0 aromatic heterocycles. The van der Waals surface area contributed by atoms with Crippen LogP contribution >= 0.6 is 0 Å². The Morgan fingerprint density at radius 3 is 3.00 bits per heavy atom. The van der Waals surface area contributed by atoms with E-state index in [0.717, 1.165) is 18.5 Å². The Hall–Kier alpha value is -0.900. The van der Waals surface area contributed by atoms with Crippen molar-refractivity contribution in [2.45, 2.75) is 18.9 Å². The number of nitrogens with one attached hydrogen (secondary N) is 1. The van der Waals surface area contributed by atoms with Crippen LogP contribution in [0.3, 0.4) is 0 Å². The summed E-state index contributed by atoms with van der Waals surface area (Å²) in [6, 6.07) is 0.521. The highest BCUT2D eigenvalue weighted by molar-refractivity contribution is 5.10. The molecule has 0 aromatic carbocycles. The maximum absolute atomic E-state index is 5.06. The van der Waals surface area contributed by atoms with E-state index in [0.29, 0.717) is 6.04 Å². The molecule has 1 heteroatoms. The molecule has 1 rings (SSSR count). The molecule has 0 spiro atoms. The van der Waals surface area contributed by atoms with Gasteiger partial charge in [0.25, 0.3) is 0 Å². The van der Waals surface area contributed by atoms with E-state index in [1.54, 1.807) is 0 Å². The van der Waals surface area contributed by atoms with Gasteiger partial charge in [-0.15, -0.1) is 12.3 Å². The van der Waals surface area contributed by atoms with Crippen molar-refractivity contribution < 1.29 is 0 Å². The molecule has 0 aromatic rings. The summed E-state index contributed by atoms with van der Waals surface area (Å²) in [5.41, 5.74) is 1.12. The lowest BCUT2D eigenvalue weighted by Crippen LogP contribution is -2.39. The normalized spacial score (nSPS) is 25.4. The fourth-order valence-electron chi connectivity index (χ4n) is 0.830. The molecule has 42 valence electrons. The highest BCUT2D eigenvalue weighted by Crippen LogP contribution is 2.14. The average Bonchev–Trinajstić information content (AvgIpc) is 1.64. The van der Waals surface area contributed by atoms with Crippen molar-refractivity contribution in [2.75, 3.05) is 0 Å². The molecule has 1 aliphatic heterocycles. The molecule has 8 heavy (non-hydrogen) atoms. The largest absolute Gasteiger partial charge is 0.385 e. The van der Waals surface area contributed by atoms with Crippen LogP contribution in [0.25, 0.3) is 0 Å². The van der Waals surface area contributed by atoms with Crippen molar-refractivity contribution in [2.24, 2.45) is 0 Å². The SMILES string of the molecule is C#CCC1CC(=C)N1. The van der Waals surface area contributed by atoms with Crippen molar-refractivity contribution >= 4 is 0 Å². The van der Waals surface area contributed by atoms with E-state index in [-0.39, 0.29) is 0 Å². The number of hydrogen-bond donors (Lipinski definition) is 1. The summed E-state index contributed by atoms with van der Waals surface area (Å²) in [5, 5.41) is 3.11. The molecule has 1 fully saturated rings. The second kappa shape index (κ2) is 1.92. The van der Waals surface area contributed by atoms with Gasteiger partial charge in [-0.25, -0.2) is 0 Å². The van der Waals surface area contributed by atoms with Crippen molar-refractivity contribution in [3.8, 4) is 12.3 Å². The van der Waals surface area contributed by atoms with Crippen molar-refractivity contribution in [3.63, 3.8) is 0 Å². The predicted octanol–water partition coefficient (Wildman–Crippen LogP) is 0.885. The van der Waals surface area contributed by atoms with E-state index in [9.17, 15) is 0 Å². The maximum atomic E-state index is 5.06. The molecule has 0 radical (unpaired) electrons. The van der Waals surface area contributed by atoms with Crippen LogP contribution < -0.4 is 5.32 Å². The zero-order valence-electron chi connectivity index (χ0n) is 4.78. The lowest BCUT2D eigenvalue weighted by Gasteiger charge is -2.29. The quantitative estimate of drug-likeness (QED) is 0.490. The molecule has 0 amide bonds. The summed E-state index contributed by atoms with van der Waals surface area (Å²) >= 11 is 0. The molecule has 1 atom stereocenters. The van der Waals surface area contributed by atoms with Gasteiger partial charge in [-0.1, -0.05) is 6.58 Å². The number of terminal acetylenes is 1. The lowest BCUT2D eigenvalue weighted by atomic mass is 10.0. The highest BCUT2D eigenvalue weighted by Gasteiger charge is 2.17. The Labute approximate surface area is 49.8 Å². The van der Waals surface area contributed by atoms with Gasteiger partial charge >= 0.3 is 0 Å². The minimum absolute atomic E-state index is 0.521. The fraction of sp³-hybridized carbons (Fsp3) is 0.429. The Morgan fingerprint density at radius 2 is 2.62 bits per heavy atom. The van der Waals surface area contributed by atoms with Gasteiger partial charge in [-0.3, -0.25) is 0 Å². The number of hydrogen-bond acceptors (Lipinski definition) is 1. The lowest BCUT2D eigenvalue weighted by molar-refractivity contribution is 0.458. The molecule has 0 aliphatic carbocycles. The van der Waals surface area contributed by atoms with Crippen LogP contribution in [-0.4, -0.2) is 6.04 Å². The molecule has 1 nitrogen and oxygen atoms in total. The minimum atomic E-state index is 0.521. The van der Waals surface area contributed by atoms with E-state index in [1.807, 2.05) is 0 Å². The Balaban J connectivity index is 2.18. The van der Waals surface area contributed by atoms with Gasteiger partial charge in [0.05, 0.1) is 0 Å². The van der Waals surface area contributed by atoms with Gasteiger partial charge in [0.15, 0.2) is 0 Å². The van der Waals surface area contributed by atoms with Gasteiger partial charge in [0.1, 0.15) is 0 Å². The first-order valence-electron chi connectivity index (χ1n) is 2.70. The minimum Gasteiger partial charge on any atom is -0.385 e. The topological polar surface area (TPSA) is 12.0 Å². The molecule has 1 N–H and O–H groups in total. The predicted molar refractivity (Wildman–Crippen MR) is 34.1 cm³/mol. The third-order valence-electron chi connectivity index (χ3n) is 1.27. The summed E-state index contributed by atoms with van der Waals surface area (Å²) in [7, 11) is 0. The summed E-state index contributed by atoms with van der Waals surface area (Å²) in [6.45, 7) is 3.71. The summed E-state index contributed by atoms with van der Waals surface area (Å²) < 4.78 is 0. The van der Waals surface area contributed by atoms with Crippen LogP contribution in [0.1, 0.15) is 12.8 Å².